The van der Waals surface area contributed by atoms with Crippen molar-refractivity contribution in [3.8, 4) is 17.2 Å². The Balaban J connectivity index is 1.99. The third-order valence-corrected chi connectivity index (χ3v) is 7.34. The first-order chi connectivity index (χ1) is 15.2. The largest absolute Gasteiger partial charge is 0.544 e. The van der Waals surface area contributed by atoms with Crippen LogP contribution in [0.25, 0.3) is 10.8 Å². The maximum Gasteiger partial charge on any atom is 0.331 e. The third-order valence-electron chi connectivity index (χ3n) is 4.92. The minimum absolute atomic E-state index is 0.139. The molecule has 32 heavy (non-hydrogen) atoms. The van der Waals surface area contributed by atoms with E-state index in [-0.39, 0.29) is 10.6 Å². The molecule has 0 radical (unpaired) electrons. The number of methoxy groups -OCH3 is 1. The Morgan fingerprint density at radius 2 is 1.72 bits per heavy atom. The molecule has 8 heteroatoms. The van der Waals surface area contributed by atoms with E-state index < -0.39 is 31.2 Å². The molecule has 0 fully saturated rings. The summed E-state index contributed by atoms with van der Waals surface area (Å²) in [7, 11) is -2.44. The van der Waals surface area contributed by atoms with E-state index >= 15 is 0 Å². The van der Waals surface area contributed by atoms with Gasteiger partial charge in [0.25, 0.3) is 0 Å². The number of carbonyl (C=O) groups excluding carboxylic acids is 1. The molecule has 1 heterocycles. The highest BCUT2D eigenvalue weighted by molar-refractivity contribution is 7.85. The lowest BCUT2D eigenvalue weighted by atomic mass is 10.1. The molecule has 166 valence electrons. The summed E-state index contributed by atoms with van der Waals surface area (Å²) in [6.45, 7) is 6.06. The summed E-state index contributed by atoms with van der Waals surface area (Å²) >= 11 is 0. The fourth-order valence-electron chi connectivity index (χ4n) is 3.65. The van der Waals surface area contributed by atoms with Crippen LogP contribution in [0.3, 0.4) is 0 Å². The number of ether oxygens (including phenoxy) is 2. The molecular formula is C24H24O6SSi. The van der Waals surface area contributed by atoms with Crippen molar-refractivity contribution in [2.45, 2.75) is 35.5 Å². The van der Waals surface area contributed by atoms with Crippen LogP contribution in [0.15, 0.2) is 70.5 Å². The lowest BCUT2D eigenvalue weighted by molar-refractivity contribution is -0.138. The Bertz CT molecular complexity index is 1260. The van der Waals surface area contributed by atoms with Crippen LogP contribution in [0.1, 0.15) is 11.7 Å². The van der Waals surface area contributed by atoms with Gasteiger partial charge in [0.1, 0.15) is 17.2 Å². The summed E-state index contributed by atoms with van der Waals surface area (Å²) in [5, 5.41) is 12.5. The quantitative estimate of drug-likeness (QED) is 0.401. The molecule has 1 aliphatic rings. The zero-order chi connectivity index (χ0) is 23.0. The third kappa shape index (κ3) is 4.15. The van der Waals surface area contributed by atoms with E-state index in [0.717, 1.165) is 10.8 Å². The van der Waals surface area contributed by atoms with Crippen LogP contribution in [0.2, 0.25) is 19.6 Å². The molecule has 0 saturated heterocycles. The summed E-state index contributed by atoms with van der Waals surface area (Å²) < 4.78 is 31.3. The number of phenols is 1. The molecule has 4 rings (SSSR count). The Kier molecular flexibility index (Phi) is 5.83. The number of benzene rings is 3. The van der Waals surface area contributed by atoms with Gasteiger partial charge in [0, 0.05) is 11.5 Å². The number of hydrogen-bond acceptors (Lipinski definition) is 6. The predicted octanol–water partition coefficient (Wildman–Crippen LogP) is 5.09. The van der Waals surface area contributed by atoms with E-state index in [2.05, 4.69) is 0 Å². The lowest BCUT2D eigenvalue weighted by Gasteiger charge is -2.25. The number of cyclic esters (lactones) is 1. The summed E-state index contributed by atoms with van der Waals surface area (Å²) in [6, 6.07) is 14.3. The van der Waals surface area contributed by atoms with Gasteiger partial charge in [-0.2, -0.15) is 0 Å². The highest BCUT2D eigenvalue weighted by Crippen LogP contribution is 2.45. The van der Waals surface area contributed by atoms with Crippen LogP contribution in [0, 0.1) is 0 Å². The van der Waals surface area contributed by atoms with Crippen LogP contribution in [0.4, 0.5) is 0 Å². The van der Waals surface area contributed by atoms with Gasteiger partial charge in [-0.05, 0) is 49.3 Å². The van der Waals surface area contributed by atoms with Crippen LogP contribution < -0.4 is 9.16 Å². The van der Waals surface area contributed by atoms with Gasteiger partial charge >= 0.3 is 5.97 Å². The number of rotatable bonds is 6. The van der Waals surface area contributed by atoms with Crippen LogP contribution in [-0.4, -0.2) is 30.7 Å². The molecule has 3 aromatic carbocycles. The van der Waals surface area contributed by atoms with Crippen molar-refractivity contribution in [1.29, 1.82) is 0 Å². The molecule has 6 nitrogen and oxygen atoms in total. The van der Waals surface area contributed by atoms with Crippen LogP contribution in [0.5, 0.6) is 17.2 Å². The van der Waals surface area contributed by atoms with E-state index in [0.29, 0.717) is 22.0 Å². The van der Waals surface area contributed by atoms with Crippen molar-refractivity contribution in [2.75, 3.05) is 7.11 Å². The summed E-state index contributed by atoms with van der Waals surface area (Å²) in [6.07, 6.45) is 2.08. The van der Waals surface area contributed by atoms with Crippen molar-refractivity contribution in [3.05, 3.63) is 66.2 Å². The van der Waals surface area contributed by atoms with Gasteiger partial charge < -0.3 is 19.0 Å². The van der Waals surface area contributed by atoms with Gasteiger partial charge in [-0.15, -0.1) is 0 Å². The van der Waals surface area contributed by atoms with Gasteiger partial charge in [-0.25, -0.2) is 9.00 Å². The monoisotopic (exact) mass is 468 g/mol. The highest BCUT2D eigenvalue weighted by Gasteiger charge is 2.33. The van der Waals surface area contributed by atoms with E-state index in [1.54, 1.807) is 18.2 Å². The molecule has 1 N–H and O–H groups in total. The molecule has 0 aliphatic carbocycles. The van der Waals surface area contributed by atoms with Crippen LogP contribution in [-0.2, 0) is 20.3 Å². The highest BCUT2D eigenvalue weighted by atomic mass is 32.2. The Morgan fingerprint density at radius 1 is 1.00 bits per heavy atom. The normalized spacial score (nSPS) is 16.8. The zero-order valence-corrected chi connectivity index (χ0v) is 20.1. The predicted molar refractivity (Wildman–Crippen MR) is 125 cm³/mol. The SMILES string of the molecule is COc1ccc2ccccc2c1S(=O)c1c(O)ccc(O[Si](C)(C)C)c1[C@@H]1C=CC(=O)O1. The standard InChI is InChI=1S/C24H24O6SSi/c1-28-20-11-9-15-7-5-6-8-16(15)23(20)31(27)24-17(25)10-12-19(30-32(2,3)4)22(24)18-13-14-21(26)29-18/h5-14,18,25H,1-4H3/t18-,31?/m0/s1. The summed E-state index contributed by atoms with van der Waals surface area (Å²) in [5.74, 6) is 0.195. The van der Waals surface area contributed by atoms with Crippen molar-refractivity contribution in [1.82, 2.24) is 0 Å². The van der Waals surface area contributed by atoms with Crippen molar-refractivity contribution in [3.63, 3.8) is 0 Å². The number of aromatic hydroxyl groups is 1. The van der Waals surface area contributed by atoms with Gasteiger partial charge in [0.2, 0.25) is 8.32 Å². The molecule has 1 aliphatic heterocycles. The Hall–Kier alpha value is -3.10. The maximum atomic E-state index is 14.1. The molecule has 0 aromatic heterocycles. The van der Waals surface area contributed by atoms with Gasteiger partial charge in [-0.1, -0.05) is 30.3 Å². The fraction of sp³-hybridized carbons (Fsp3) is 0.208. The minimum Gasteiger partial charge on any atom is -0.544 e. The van der Waals surface area contributed by atoms with Crippen LogP contribution >= 0.6 is 0 Å². The average Bonchev–Trinajstić information content (AvgIpc) is 3.18. The minimum atomic E-state index is -2.08. The zero-order valence-electron chi connectivity index (χ0n) is 18.2. The number of esters is 1. The molecule has 0 bridgehead atoms. The number of fused-ring (bicyclic) bond motifs is 1. The Labute approximate surface area is 190 Å². The molecule has 2 atom stereocenters. The smallest absolute Gasteiger partial charge is 0.331 e. The molecular weight excluding hydrogens is 444 g/mol. The molecule has 1 unspecified atom stereocenters. The van der Waals surface area contributed by atoms with Crippen molar-refractivity contribution < 1.29 is 28.0 Å². The van der Waals surface area contributed by atoms with E-state index in [4.69, 9.17) is 13.9 Å². The van der Waals surface area contributed by atoms with Gasteiger partial charge in [-0.3, -0.25) is 0 Å². The summed E-state index contributed by atoms with van der Waals surface area (Å²) in [4.78, 5) is 12.4. The van der Waals surface area contributed by atoms with Gasteiger partial charge in [0.05, 0.1) is 33.3 Å². The first-order valence-corrected chi connectivity index (χ1v) is 14.7. The van der Waals surface area contributed by atoms with E-state index in [1.807, 2.05) is 50.0 Å². The topological polar surface area (TPSA) is 82.1 Å². The first kappa shape index (κ1) is 22.1. The first-order valence-electron chi connectivity index (χ1n) is 10.1. The number of carbonyl (C=O) groups is 1. The van der Waals surface area contributed by atoms with Crippen molar-refractivity contribution in [2.24, 2.45) is 0 Å². The molecule has 3 aromatic rings. The van der Waals surface area contributed by atoms with E-state index in [9.17, 15) is 14.1 Å². The molecule has 0 spiro atoms. The Morgan fingerprint density at radius 3 is 2.38 bits per heavy atom. The average molecular weight is 469 g/mol. The van der Waals surface area contributed by atoms with Crippen molar-refractivity contribution >= 4 is 35.9 Å². The second-order valence-electron chi connectivity index (χ2n) is 8.34. The van der Waals surface area contributed by atoms with E-state index in [1.165, 1.54) is 19.3 Å². The number of phenolic OH excluding ortho intramolecular Hbond substituents is 1. The molecule has 0 amide bonds. The second kappa shape index (κ2) is 8.44. The second-order valence-corrected chi connectivity index (χ2v) is 14.1. The van der Waals surface area contributed by atoms with Gasteiger partial charge in [0.15, 0.2) is 6.10 Å². The fourth-order valence-corrected chi connectivity index (χ4v) is 6.09. The molecule has 0 saturated carbocycles. The lowest BCUT2D eigenvalue weighted by Crippen LogP contribution is -2.30. The maximum absolute atomic E-state index is 14.1. The summed E-state index contributed by atoms with van der Waals surface area (Å²) in [5.41, 5.74) is 0.378. The number of hydrogen-bond donors (Lipinski definition) is 1.